The van der Waals surface area contributed by atoms with Gasteiger partial charge in [0.15, 0.2) is 5.82 Å². The van der Waals surface area contributed by atoms with Crippen LogP contribution in [0.3, 0.4) is 0 Å². The molecule has 0 radical (unpaired) electrons. The highest BCUT2D eigenvalue weighted by Gasteiger charge is 2.14. The van der Waals surface area contributed by atoms with Crippen LogP contribution in [-0.4, -0.2) is 9.97 Å². The van der Waals surface area contributed by atoms with Crippen LogP contribution in [0.1, 0.15) is 50.9 Å². The number of aromatic amines is 1. The topological polar surface area (TPSA) is 28.7 Å². The van der Waals surface area contributed by atoms with Crippen LogP contribution in [0.25, 0.3) is 11.0 Å². The molecule has 0 amide bonds. The zero-order valence-electron chi connectivity index (χ0n) is 10.1. The van der Waals surface area contributed by atoms with Crippen LogP contribution in [0.4, 0.5) is 4.39 Å². The normalized spacial score (nSPS) is 11.9. The third-order valence-corrected chi connectivity index (χ3v) is 2.81. The molecule has 1 aromatic heterocycles. The van der Waals surface area contributed by atoms with E-state index in [9.17, 15) is 4.39 Å². The van der Waals surface area contributed by atoms with Crippen molar-refractivity contribution in [1.82, 2.24) is 9.97 Å². The first-order valence-corrected chi connectivity index (χ1v) is 5.68. The average molecular weight is 220 g/mol. The lowest BCUT2D eigenvalue weighted by Gasteiger charge is -2.06. The summed E-state index contributed by atoms with van der Waals surface area (Å²) in [5.41, 5.74) is 1.98. The van der Waals surface area contributed by atoms with E-state index in [0.29, 0.717) is 5.52 Å². The molecule has 2 aromatic rings. The lowest BCUT2D eigenvalue weighted by atomic mass is 10.0. The molecule has 1 heterocycles. The lowest BCUT2D eigenvalue weighted by Crippen LogP contribution is -1.93. The Morgan fingerprint density at radius 1 is 1.12 bits per heavy atom. The Morgan fingerprint density at radius 3 is 2.38 bits per heavy atom. The molecule has 0 bridgehead atoms. The van der Waals surface area contributed by atoms with Crippen molar-refractivity contribution < 1.29 is 4.39 Å². The predicted octanol–water partition coefficient (Wildman–Crippen LogP) is 3.95. The van der Waals surface area contributed by atoms with Gasteiger partial charge in [0, 0.05) is 5.92 Å². The van der Waals surface area contributed by atoms with Crippen LogP contribution in [-0.2, 0) is 0 Å². The van der Waals surface area contributed by atoms with Crippen LogP contribution in [0.2, 0.25) is 0 Å². The fourth-order valence-corrected chi connectivity index (χ4v) is 1.80. The quantitative estimate of drug-likeness (QED) is 0.815. The van der Waals surface area contributed by atoms with Crippen molar-refractivity contribution in [2.75, 3.05) is 0 Å². The third-order valence-electron chi connectivity index (χ3n) is 2.81. The van der Waals surface area contributed by atoms with Gasteiger partial charge in [-0.1, -0.05) is 33.8 Å². The van der Waals surface area contributed by atoms with Crippen LogP contribution >= 0.6 is 0 Å². The minimum Gasteiger partial charge on any atom is -0.342 e. The molecular weight excluding hydrogens is 203 g/mol. The number of fused-ring (bicyclic) bond motifs is 1. The number of aromatic nitrogens is 2. The number of hydrogen-bond donors (Lipinski definition) is 1. The van der Waals surface area contributed by atoms with E-state index in [-0.39, 0.29) is 17.7 Å². The molecule has 0 fully saturated rings. The first-order valence-electron chi connectivity index (χ1n) is 5.68. The molecule has 0 saturated heterocycles. The zero-order chi connectivity index (χ0) is 11.9. The number of hydrogen-bond acceptors (Lipinski definition) is 1. The third kappa shape index (κ3) is 1.70. The first-order chi connectivity index (χ1) is 7.50. The van der Waals surface area contributed by atoms with Gasteiger partial charge in [0.05, 0.1) is 5.52 Å². The fourth-order valence-electron chi connectivity index (χ4n) is 1.80. The molecule has 0 aliphatic carbocycles. The van der Waals surface area contributed by atoms with Crippen molar-refractivity contribution in [3.63, 3.8) is 0 Å². The van der Waals surface area contributed by atoms with Crippen LogP contribution in [0.5, 0.6) is 0 Å². The van der Waals surface area contributed by atoms with E-state index in [0.717, 1.165) is 16.9 Å². The SMILES string of the molecule is CC(C)c1nc2c(F)c(C(C)C)ccc2[nH]1. The Morgan fingerprint density at radius 2 is 1.81 bits per heavy atom. The van der Waals surface area contributed by atoms with E-state index in [2.05, 4.69) is 9.97 Å². The molecule has 0 unspecified atom stereocenters. The van der Waals surface area contributed by atoms with Crippen LogP contribution in [0.15, 0.2) is 12.1 Å². The summed E-state index contributed by atoms with van der Waals surface area (Å²) in [5.74, 6) is 1.13. The molecule has 0 aliphatic rings. The van der Waals surface area contributed by atoms with Gasteiger partial charge in [-0.05, 0) is 17.5 Å². The number of imidazole rings is 1. The van der Waals surface area contributed by atoms with E-state index < -0.39 is 0 Å². The van der Waals surface area contributed by atoms with Crippen molar-refractivity contribution in [3.8, 4) is 0 Å². The van der Waals surface area contributed by atoms with Gasteiger partial charge in [-0.3, -0.25) is 0 Å². The summed E-state index contributed by atoms with van der Waals surface area (Å²) in [6, 6.07) is 3.75. The number of rotatable bonds is 2. The summed E-state index contributed by atoms with van der Waals surface area (Å²) in [5, 5.41) is 0. The van der Waals surface area contributed by atoms with E-state index >= 15 is 0 Å². The molecule has 0 saturated carbocycles. The molecule has 0 spiro atoms. The summed E-state index contributed by atoms with van der Waals surface area (Å²) in [4.78, 5) is 7.48. The second-order valence-corrected chi connectivity index (χ2v) is 4.80. The number of halogens is 1. The zero-order valence-corrected chi connectivity index (χ0v) is 10.1. The van der Waals surface area contributed by atoms with Crippen LogP contribution in [0, 0.1) is 5.82 Å². The van der Waals surface area contributed by atoms with Crippen LogP contribution < -0.4 is 0 Å². The van der Waals surface area contributed by atoms with Crippen molar-refractivity contribution in [1.29, 1.82) is 0 Å². The number of H-pyrrole nitrogens is 1. The Hall–Kier alpha value is -1.38. The van der Waals surface area contributed by atoms with Crippen molar-refractivity contribution in [2.24, 2.45) is 0 Å². The maximum absolute atomic E-state index is 14.1. The Kier molecular flexibility index (Phi) is 2.70. The Bertz CT molecular complexity index is 512. The summed E-state index contributed by atoms with van der Waals surface area (Å²) in [7, 11) is 0. The van der Waals surface area contributed by atoms with Gasteiger partial charge in [-0.25, -0.2) is 9.37 Å². The molecule has 0 atom stereocenters. The van der Waals surface area contributed by atoms with Gasteiger partial charge in [-0.15, -0.1) is 0 Å². The maximum atomic E-state index is 14.1. The summed E-state index contributed by atoms with van der Waals surface area (Å²) in [6.45, 7) is 8.05. The Balaban J connectivity index is 2.65. The Labute approximate surface area is 94.9 Å². The summed E-state index contributed by atoms with van der Waals surface area (Å²) < 4.78 is 14.1. The van der Waals surface area contributed by atoms with Gasteiger partial charge < -0.3 is 4.98 Å². The van der Waals surface area contributed by atoms with E-state index in [1.165, 1.54) is 0 Å². The highest BCUT2D eigenvalue weighted by Crippen LogP contribution is 2.26. The number of nitrogens with zero attached hydrogens (tertiary/aromatic N) is 1. The molecule has 2 nitrogen and oxygen atoms in total. The molecule has 2 rings (SSSR count). The molecule has 1 N–H and O–H groups in total. The molecule has 3 heteroatoms. The van der Waals surface area contributed by atoms with Gasteiger partial charge >= 0.3 is 0 Å². The maximum Gasteiger partial charge on any atom is 0.154 e. The molecule has 0 aliphatic heterocycles. The minimum atomic E-state index is -0.185. The fraction of sp³-hybridized carbons (Fsp3) is 0.462. The van der Waals surface area contributed by atoms with Gasteiger partial charge in [-0.2, -0.15) is 0 Å². The van der Waals surface area contributed by atoms with Gasteiger partial charge in [0.25, 0.3) is 0 Å². The van der Waals surface area contributed by atoms with Crippen molar-refractivity contribution >= 4 is 11.0 Å². The largest absolute Gasteiger partial charge is 0.342 e. The van der Waals surface area contributed by atoms with Crippen molar-refractivity contribution in [3.05, 3.63) is 29.3 Å². The van der Waals surface area contributed by atoms with Crippen molar-refractivity contribution in [2.45, 2.75) is 39.5 Å². The lowest BCUT2D eigenvalue weighted by molar-refractivity contribution is 0.607. The summed E-state index contributed by atoms with van der Waals surface area (Å²) in [6.07, 6.45) is 0. The second kappa shape index (κ2) is 3.89. The first kappa shape index (κ1) is 11.1. The standard InChI is InChI=1S/C13H17FN2/c1-7(2)9-5-6-10-12(11(9)14)16-13(15-10)8(3)4/h5-8H,1-4H3,(H,15,16). The van der Waals surface area contributed by atoms with Gasteiger partial charge in [0.1, 0.15) is 11.3 Å². The monoisotopic (exact) mass is 220 g/mol. The average Bonchev–Trinajstić information content (AvgIpc) is 2.62. The number of nitrogens with one attached hydrogen (secondary N) is 1. The van der Waals surface area contributed by atoms with E-state index in [1.807, 2.05) is 39.8 Å². The predicted molar refractivity (Wildman–Crippen MR) is 64.2 cm³/mol. The van der Waals surface area contributed by atoms with E-state index in [4.69, 9.17) is 0 Å². The minimum absolute atomic E-state index is 0.184. The molecule has 1 aromatic carbocycles. The smallest absolute Gasteiger partial charge is 0.154 e. The number of benzene rings is 1. The molecule has 86 valence electrons. The second-order valence-electron chi connectivity index (χ2n) is 4.80. The molecule has 16 heavy (non-hydrogen) atoms. The van der Waals surface area contributed by atoms with E-state index in [1.54, 1.807) is 0 Å². The highest BCUT2D eigenvalue weighted by atomic mass is 19.1. The highest BCUT2D eigenvalue weighted by molar-refractivity contribution is 5.77. The molecular formula is C13H17FN2. The summed E-state index contributed by atoms with van der Waals surface area (Å²) >= 11 is 0. The van der Waals surface area contributed by atoms with Gasteiger partial charge in [0.2, 0.25) is 0 Å².